The Balaban J connectivity index is 4.30. The van der Waals surface area contributed by atoms with E-state index in [0.717, 1.165) is 96.3 Å². The number of allylic oxidation sites excluding steroid dienone is 20. The van der Waals surface area contributed by atoms with Crippen molar-refractivity contribution >= 4 is 17.9 Å². The predicted octanol–water partition coefficient (Wildman–Crippen LogP) is 22.0. The first kappa shape index (κ1) is 72.8. The van der Waals surface area contributed by atoms with Crippen LogP contribution in [0, 0.1) is 0 Å². The lowest BCUT2D eigenvalue weighted by Gasteiger charge is -2.18. The van der Waals surface area contributed by atoms with Crippen LogP contribution in [-0.4, -0.2) is 37.2 Å². The highest BCUT2D eigenvalue weighted by Crippen LogP contribution is 2.16. The lowest BCUT2D eigenvalue weighted by atomic mass is 10.0. The van der Waals surface area contributed by atoms with Gasteiger partial charge in [0.2, 0.25) is 0 Å². The van der Waals surface area contributed by atoms with Crippen molar-refractivity contribution in [2.45, 2.75) is 297 Å². The van der Waals surface area contributed by atoms with Gasteiger partial charge in [-0.2, -0.15) is 0 Å². The zero-order chi connectivity index (χ0) is 55.7. The lowest BCUT2D eigenvalue weighted by molar-refractivity contribution is -0.166. The van der Waals surface area contributed by atoms with Crippen molar-refractivity contribution in [3.8, 4) is 0 Å². The number of carbonyl (C=O) groups is 3. The molecule has 6 nitrogen and oxygen atoms in total. The van der Waals surface area contributed by atoms with Gasteiger partial charge >= 0.3 is 17.9 Å². The third-order valence-corrected chi connectivity index (χ3v) is 13.4. The van der Waals surface area contributed by atoms with Crippen LogP contribution in [0.2, 0.25) is 0 Å². The summed E-state index contributed by atoms with van der Waals surface area (Å²) >= 11 is 0. The van der Waals surface area contributed by atoms with Crippen LogP contribution < -0.4 is 0 Å². The van der Waals surface area contributed by atoms with Crippen LogP contribution in [0.1, 0.15) is 290 Å². The Morgan fingerprint density at radius 3 is 0.883 bits per heavy atom. The minimum absolute atomic E-state index is 0.103. The molecule has 0 aliphatic carbocycles. The van der Waals surface area contributed by atoms with E-state index in [9.17, 15) is 14.4 Å². The molecule has 0 aromatic heterocycles. The molecule has 0 rings (SSSR count). The summed E-state index contributed by atoms with van der Waals surface area (Å²) in [6.45, 7) is 6.35. The van der Waals surface area contributed by atoms with Gasteiger partial charge in [0.1, 0.15) is 13.2 Å². The fourth-order valence-corrected chi connectivity index (χ4v) is 8.71. The molecule has 0 heterocycles. The van der Waals surface area contributed by atoms with E-state index in [1.807, 2.05) is 6.08 Å². The molecule has 1 unspecified atom stereocenters. The van der Waals surface area contributed by atoms with E-state index < -0.39 is 6.10 Å². The molecular formula is C71H118O6. The van der Waals surface area contributed by atoms with Gasteiger partial charge in [-0.1, -0.05) is 277 Å². The Morgan fingerprint density at radius 2 is 0.532 bits per heavy atom. The Kier molecular flexibility index (Phi) is 60.8. The number of rotatable bonds is 57. The smallest absolute Gasteiger partial charge is 0.306 e. The number of hydrogen-bond acceptors (Lipinski definition) is 6. The molecule has 0 radical (unpaired) electrons. The summed E-state index contributed by atoms with van der Waals surface area (Å²) in [6, 6.07) is 0. The Hall–Kier alpha value is -4.19. The van der Waals surface area contributed by atoms with Gasteiger partial charge < -0.3 is 14.2 Å². The lowest BCUT2D eigenvalue weighted by Crippen LogP contribution is -2.30. The zero-order valence-corrected chi connectivity index (χ0v) is 50.2. The third kappa shape index (κ3) is 62.5. The second kappa shape index (κ2) is 64.3. The summed E-state index contributed by atoms with van der Waals surface area (Å²) in [5, 5.41) is 0. The Bertz CT molecular complexity index is 1600. The van der Waals surface area contributed by atoms with Gasteiger partial charge in [0.15, 0.2) is 6.10 Å². The molecule has 0 N–H and O–H groups in total. The van der Waals surface area contributed by atoms with Crippen molar-refractivity contribution in [3.05, 3.63) is 122 Å². The average Bonchev–Trinajstić information content (AvgIpc) is 3.43. The highest BCUT2D eigenvalue weighted by atomic mass is 16.6. The molecule has 0 bridgehead atoms. The van der Waals surface area contributed by atoms with Crippen LogP contribution in [0.3, 0.4) is 0 Å². The largest absolute Gasteiger partial charge is 0.462 e. The Labute approximate surface area is 475 Å². The quantitative estimate of drug-likeness (QED) is 0.0261. The number of ether oxygens (including phenoxy) is 3. The van der Waals surface area contributed by atoms with Gasteiger partial charge in [-0.25, -0.2) is 0 Å². The van der Waals surface area contributed by atoms with Crippen LogP contribution in [-0.2, 0) is 28.6 Å². The van der Waals surface area contributed by atoms with Crippen LogP contribution in [0.25, 0.3) is 0 Å². The molecule has 1 atom stereocenters. The normalized spacial score (nSPS) is 12.9. The van der Waals surface area contributed by atoms with E-state index in [2.05, 4.69) is 136 Å². The summed E-state index contributed by atoms with van der Waals surface area (Å²) in [6.07, 6.45) is 89.4. The van der Waals surface area contributed by atoms with Gasteiger partial charge in [0.25, 0.3) is 0 Å². The molecule has 0 fully saturated rings. The standard InChI is InChI=1S/C71H118O6/c1-4-7-10-13-16-19-22-25-27-29-30-31-32-33-34-35-36-37-38-39-40-42-43-46-49-52-55-58-61-64-70(73)76-67-68(66-75-69(72)63-60-57-54-51-48-45-24-21-18-15-12-9-6-3)77-71(74)65-62-59-56-53-50-47-44-41-28-26-23-20-17-14-11-8-5-2/h7,9-10,12,16,18-19,21,25-28,30-31,33-34,45,48,54,57,68H,4-6,8,11,13-15,17,20,22-24,29,32,35-44,46-47,49-53,55-56,58-67H2,1-3H3/b10-7-,12-9-,19-16-,21-18-,27-25-,28-26-,31-30-,34-33-,48-45-,57-54-. The fraction of sp³-hybridized carbons (Fsp3) is 0.676. The van der Waals surface area contributed by atoms with E-state index in [1.165, 1.54) is 148 Å². The summed E-state index contributed by atoms with van der Waals surface area (Å²) in [7, 11) is 0. The number of esters is 3. The summed E-state index contributed by atoms with van der Waals surface area (Å²) < 4.78 is 16.8. The highest BCUT2D eigenvalue weighted by molar-refractivity contribution is 5.71. The molecule has 0 aliphatic rings. The van der Waals surface area contributed by atoms with Crippen molar-refractivity contribution < 1.29 is 28.6 Å². The maximum absolute atomic E-state index is 12.9. The van der Waals surface area contributed by atoms with E-state index in [0.29, 0.717) is 19.3 Å². The third-order valence-electron chi connectivity index (χ3n) is 13.4. The summed E-state index contributed by atoms with van der Waals surface area (Å²) in [4.78, 5) is 38.2. The second-order valence-electron chi connectivity index (χ2n) is 20.9. The first-order chi connectivity index (χ1) is 38.0. The van der Waals surface area contributed by atoms with Crippen LogP contribution in [0.5, 0.6) is 0 Å². The molecule has 0 saturated carbocycles. The zero-order valence-electron chi connectivity index (χ0n) is 50.2. The van der Waals surface area contributed by atoms with Crippen molar-refractivity contribution in [1.82, 2.24) is 0 Å². The first-order valence-electron chi connectivity index (χ1n) is 32.0. The molecule has 0 amide bonds. The van der Waals surface area contributed by atoms with Crippen LogP contribution in [0.15, 0.2) is 122 Å². The highest BCUT2D eigenvalue weighted by Gasteiger charge is 2.19. The molecule has 0 aromatic carbocycles. The van der Waals surface area contributed by atoms with Gasteiger partial charge in [0.05, 0.1) is 0 Å². The van der Waals surface area contributed by atoms with Crippen molar-refractivity contribution in [3.63, 3.8) is 0 Å². The SMILES string of the molecule is CC/C=C\C/C=C\C/C=C\C/C=C\C/C=C\CCCCCCCCCCCCCCCC(=O)OCC(COC(=O)CC/C=C\C/C=C\C/C=C\C/C=C\CC)OC(=O)CCCCCCCCC/C=C\CCCCCCCC. The van der Waals surface area contributed by atoms with Crippen molar-refractivity contribution in [1.29, 1.82) is 0 Å². The van der Waals surface area contributed by atoms with Gasteiger partial charge in [0, 0.05) is 19.3 Å². The van der Waals surface area contributed by atoms with Gasteiger partial charge in [-0.15, -0.1) is 0 Å². The molecule has 77 heavy (non-hydrogen) atoms. The topological polar surface area (TPSA) is 78.9 Å². The minimum atomic E-state index is -0.812. The molecule has 0 saturated heterocycles. The molecule has 6 heteroatoms. The van der Waals surface area contributed by atoms with E-state index in [4.69, 9.17) is 14.2 Å². The van der Waals surface area contributed by atoms with E-state index in [1.54, 1.807) is 0 Å². The van der Waals surface area contributed by atoms with Gasteiger partial charge in [-0.3, -0.25) is 14.4 Å². The van der Waals surface area contributed by atoms with Crippen LogP contribution >= 0.6 is 0 Å². The van der Waals surface area contributed by atoms with Gasteiger partial charge in [-0.05, 0) is 116 Å². The molecule has 0 aromatic rings. The van der Waals surface area contributed by atoms with Crippen LogP contribution in [0.4, 0.5) is 0 Å². The number of carbonyl (C=O) groups excluding carboxylic acids is 3. The summed E-state index contributed by atoms with van der Waals surface area (Å²) in [5.41, 5.74) is 0. The molecular weight excluding hydrogens is 949 g/mol. The fourth-order valence-electron chi connectivity index (χ4n) is 8.71. The monoisotopic (exact) mass is 1070 g/mol. The maximum atomic E-state index is 12.9. The Morgan fingerprint density at radius 1 is 0.273 bits per heavy atom. The maximum Gasteiger partial charge on any atom is 0.306 e. The minimum Gasteiger partial charge on any atom is -0.462 e. The first-order valence-corrected chi connectivity index (χ1v) is 32.0. The van der Waals surface area contributed by atoms with Crippen molar-refractivity contribution in [2.75, 3.05) is 13.2 Å². The predicted molar refractivity (Wildman–Crippen MR) is 334 cm³/mol. The second-order valence-corrected chi connectivity index (χ2v) is 20.9. The summed E-state index contributed by atoms with van der Waals surface area (Å²) in [5.74, 6) is -0.989. The number of hydrogen-bond donors (Lipinski definition) is 0. The average molecular weight is 1070 g/mol. The molecule has 0 aliphatic heterocycles. The van der Waals surface area contributed by atoms with E-state index >= 15 is 0 Å². The van der Waals surface area contributed by atoms with E-state index in [-0.39, 0.29) is 37.5 Å². The molecule has 0 spiro atoms. The molecule has 438 valence electrons. The van der Waals surface area contributed by atoms with Crippen molar-refractivity contribution in [2.24, 2.45) is 0 Å². The number of unbranched alkanes of at least 4 members (excludes halogenated alkanes) is 26.